The summed E-state index contributed by atoms with van der Waals surface area (Å²) in [6.45, 7) is 2.04. The molecule has 0 aromatic heterocycles. The number of allylic oxidation sites excluding steroid dienone is 1. The third-order valence-electron chi connectivity index (χ3n) is 4.29. The molecule has 1 aromatic carbocycles. The molecule has 0 bridgehead atoms. The first-order valence-corrected chi connectivity index (χ1v) is 6.63. The molecule has 3 rings (SSSR count). The molecule has 1 aliphatic carbocycles. The molecule has 2 aliphatic rings. The van der Waals surface area contributed by atoms with Crippen molar-refractivity contribution in [3.63, 3.8) is 0 Å². The summed E-state index contributed by atoms with van der Waals surface area (Å²) in [5, 5.41) is 0. The van der Waals surface area contributed by atoms with Gasteiger partial charge in [0.05, 0.1) is 11.8 Å². The zero-order valence-corrected chi connectivity index (χ0v) is 11.2. The molecular formula is C16H17NO2. The van der Waals surface area contributed by atoms with Gasteiger partial charge < -0.3 is 0 Å². The molecule has 1 saturated heterocycles. The van der Waals surface area contributed by atoms with Crippen LogP contribution in [0.2, 0.25) is 0 Å². The van der Waals surface area contributed by atoms with Crippen LogP contribution in [0.15, 0.2) is 42.0 Å². The standard InChI is InChI=1S/C16H17NO2/c1-10-8-12(11-6-4-3-5-7-11)14-13(9-10)15(18)17(2)16(14)19/h3-7,9,12-14H,8H2,1-2H3/t12-,13-,14+/m1/s1. The van der Waals surface area contributed by atoms with Crippen LogP contribution in [-0.2, 0) is 9.59 Å². The second kappa shape index (κ2) is 4.34. The maximum atomic E-state index is 12.3. The van der Waals surface area contributed by atoms with Crippen LogP contribution < -0.4 is 0 Å². The van der Waals surface area contributed by atoms with E-state index in [1.807, 2.05) is 31.2 Å². The highest BCUT2D eigenvalue weighted by Crippen LogP contribution is 2.45. The molecule has 0 radical (unpaired) electrons. The Morgan fingerprint density at radius 1 is 1.11 bits per heavy atom. The molecule has 3 atom stereocenters. The van der Waals surface area contributed by atoms with Crippen molar-refractivity contribution in [1.29, 1.82) is 0 Å². The molecule has 0 saturated carbocycles. The van der Waals surface area contributed by atoms with Crippen LogP contribution in [0.5, 0.6) is 0 Å². The maximum absolute atomic E-state index is 12.3. The molecule has 3 nitrogen and oxygen atoms in total. The lowest BCUT2D eigenvalue weighted by Crippen LogP contribution is -2.29. The van der Waals surface area contributed by atoms with Crippen molar-refractivity contribution in [2.24, 2.45) is 11.8 Å². The van der Waals surface area contributed by atoms with Crippen LogP contribution in [0.1, 0.15) is 24.8 Å². The molecule has 1 heterocycles. The summed E-state index contributed by atoms with van der Waals surface area (Å²) < 4.78 is 0. The first-order chi connectivity index (χ1) is 9.09. The van der Waals surface area contributed by atoms with Crippen LogP contribution in [0, 0.1) is 11.8 Å². The lowest BCUT2D eigenvalue weighted by molar-refractivity contribution is -0.138. The zero-order chi connectivity index (χ0) is 13.6. The van der Waals surface area contributed by atoms with E-state index >= 15 is 0 Å². The van der Waals surface area contributed by atoms with Crippen molar-refractivity contribution in [3.05, 3.63) is 47.5 Å². The second-order valence-corrected chi connectivity index (χ2v) is 5.52. The summed E-state index contributed by atoms with van der Waals surface area (Å²) in [5.41, 5.74) is 2.35. The zero-order valence-electron chi connectivity index (χ0n) is 11.2. The second-order valence-electron chi connectivity index (χ2n) is 5.52. The van der Waals surface area contributed by atoms with Crippen molar-refractivity contribution in [1.82, 2.24) is 4.90 Å². The first kappa shape index (κ1) is 12.2. The average Bonchev–Trinajstić information content (AvgIpc) is 2.64. The summed E-state index contributed by atoms with van der Waals surface area (Å²) in [7, 11) is 1.59. The number of hydrogen-bond donors (Lipinski definition) is 0. The van der Waals surface area contributed by atoms with Crippen LogP contribution in [0.25, 0.3) is 0 Å². The minimum absolute atomic E-state index is 0.0346. The number of fused-ring (bicyclic) bond motifs is 1. The SMILES string of the molecule is CC1=C[C@H]2C(=O)N(C)C(=O)[C@H]2[C@@H](c2ccccc2)C1. The fourth-order valence-corrected chi connectivity index (χ4v) is 3.33. The highest BCUT2D eigenvalue weighted by molar-refractivity contribution is 6.06. The highest BCUT2D eigenvalue weighted by atomic mass is 16.2. The number of nitrogens with zero attached hydrogens (tertiary/aromatic N) is 1. The molecule has 1 fully saturated rings. The lowest BCUT2D eigenvalue weighted by atomic mass is 9.71. The maximum Gasteiger partial charge on any atom is 0.236 e. The summed E-state index contributed by atoms with van der Waals surface area (Å²) in [5.74, 6) is -0.458. The molecule has 2 amide bonds. The van der Waals surface area contributed by atoms with Gasteiger partial charge in [0.1, 0.15) is 0 Å². The Labute approximate surface area is 112 Å². The molecular weight excluding hydrogens is 238 g/mol. The number of imide groups is 1. The van der Waals surface area contributed by atoms with Crippen LogP contribution in [0.3, 0.4) is 0 Å². The summed E-state index contributed by atoms with van der Waals surface area (Å²) in [6, 6.07) is 10.1. The third-order valence-corrected chi connectivity index (χ3v) is 4.29. The molecule has 0 spiro atoms. The Morgan fingerprint density at radius 3 is 2.47 bits per heavy atom. The van der Waals surface area contributed by atoms with E-state index in [4.69, 9.17) is 0 Å². The number of benzene rings is 1. The van der Waals surface area contributed by atoms with Gasteiger partial charge >= 0.3 is 0 Å². The van der Waals surface area contributed by atoms with Gasteiger partial charge in [-0.05, 0) is 18.9 Å². The molecule has 0 N–H and O–H groups in total. The lowest BCUT2D eigenvalue weighted by Gasteiger charge is -2.29. The highest BCUT2D eigenvalue weighted by Gasteiger charge is 2.50. The first-order valence-electron chi connectivity index (χ1n) is 6.63. The molecule has 19 heavy (non-hydrogen) atoms. The van der Waals surface area contributed by atoms with Gasteiger partial charge in [-0.25, -0.2) is 0 Å². The van der Waals surface area contributed by atoms with E-state index in [9.17, 15) is 9.59 Å². The number of rotatable bonds is 1. The van der Waals surface area contributed by atoms with Crippen molar-refractivity contribution in [2.45, 2.75) is 19.3 Å². The average molecular weight is 255 g/mol. The fraction of sp³-hybridized carbons (Fsp3) is 0.375. The summed E-state index contributed by atoms with van der Waals surface area (Å²) in [6.07, 6.45) is 2.84. The van der Waals surface area contributed by atoms with Gasteiger partial charge in [-0.15, -0.1) is 0 Å². The van der Waals surface area contributed by atoms with E-state index in [1.54, 1.807) is 7.05 Å². The van der Waals surface area contributed by atoms with E-state index in [2.05, 4.69) is 12.1 Å². The van der Waals surface area contributed by atoms with Gasteiger partial charge in [-0.3, -0.25) is 14.5 Å². The Morgan fingerprint density at radius 2 is 1.79 bits per heavy atom. The number of hydrogen-bond acceptors (Lipinski definition) is 2. The van der Waals surface area contributed by atoms with Crippen molar-refractivity contribution in [2.75, 3.05) is 7.05 Å². The van der Waals surface area contributed by atoms with Crippen LogP contribution in [0.4, 0.5) is 0 Å². The Bertz CT molecular complexity index is 561. The third kappa shape index (κ3) is 1.81. The molecule has 3 heteroatoms. The Hall–Kier alpha value is -1.90. The van der Waals surface area contributed by atoms with Gasteiger partial charge in [0.15, 0.2) is 0 Å². The van der Waals surface area contributed by atoms with Gasteiger partial charge in [0.25, 0.3) is 0 Å². The number of likely N-dealkylation sites (tertiary alicyclic amines) is 1. The molecule has 1 aromatic rings. The predicted molar refractivity (Wildman–Crippen MR) is 72.3 cm³/mol. The predicted octanol–water partition coefficient (Wildman–Crippen LogP) is 2.35. The summed E-state index contributed by atoms with van der Waals surface area (Å²) in [4.78, 5) is 25.7. The molecule has 1 aliphatic heterocycles. The van der Waals surface area contributed by atoms with E-state index in [0.717, 1.165) is 12.0 Å². The number of carbonyl (C=O) groups excluding carboxylic acids is 2. The molecule has 98 valence electrons. The van der Waals surface area contributed by atoms with Crippen molar-refractivity contribution in [3.8, 4) is 0 Å². The van der Waals surface area contributed by atoms with Gasteiger partial charge in [-0.2, -0.15) is 0 Å². The van der Waals surface area contributed by atoms with Crippen LogP contribution in [-0.4, -0.2) is 23.8 Å². The minimum atomic E-state index is -0.267. The quantitative estimate of drug-likeness (QED) is 0.570. The molecule has 0 unspecified atom stereocenters. The number of carbonyl (C=O) groups is 2. The van der Waals surface area contributed by atoms with Crippen LogP contribution >= 0.6 is 0 Å². The van der Waals surface area contributed by atoms with Crippen molar-refractivity contribution < 1.29 is 9.59 Å². The monoisotopic (exact) mass is 255 g/mol. The normalized spacial score (nSPS) is 30.3. The van der Waals surface area contributed by atoms with Gasteiger partial charge in [0, 0.05) is 13.0 Å². The topological polar surface area (TPSA) is 37.4 Å². The number of amides is 2. The van der Waals surface area contributed by atoms with Gasteiger partial charge in [-0.1, -0.05) is 42.0 Å². The smallest absolute Gasteiger partial charge is 0.236 e. The van der Waals surface area contributed by atoms with Gasteiger partial charge in [0.2, 0.25) is 11.8 Å². The summed E-state index contributed by atoms with van der Waals surface area (Å²) >= 11 is 0. The Kier molecular flexibility index (Phi) is 2.77. The van der Waals surface area contributed by atoms with E-state index in [1.165, 1.54) is 10.5 Å². The van der Waals surface area contributed by atoms with E-state index < -0.39 is 0 Å². The minimum Gasteiger partial charge on any atom is -0.285 e. The Balaban J connectivity index is 2.05. The fourth-order valence-electron chi connectivity index (χ4n) is 3.33. The van der Waals surface area contributed by atoms with E-state index in [-0.39, 0.29) is 29.6 Å². The largest absolute Gasteiger partial charge is 0.285 e. The van der Waals surface area contributed by atoms with E-state index in [0.29, 0.717) is 0 Å². The van der Waals surface area contributed by atoms with Crippen molar-refractivity contribution >= 4 is 11.8 Å².